The molecule has 17 heavy (non-hydrogen) atoms. The first kappa shape index (κ1) is 19.6. The van der Waals surface area contributed by atoms with Gasteiger partial charge in [-0.2, -0.15) is 0 Å². The quantitative estimate of drug-likeness (QED) is 0.569. The molecule has 0 aliphatic heterocycles. The van der Waals surface area contributed by atoms with E-state index in [1.165, 1.54) is 12.8 Å². The number of hydrogen-bond donors (Lipinski definition) is 1. The van der Waals surface area contributed by atoms with E-state index in [0.29, 0.717) is 6.54 Å². The number of ether oxygens (including phenoxy) is 1. The van der Waals surface area contributed by atoms with E-state index >= 15 is 0 Å². The first-order valence-electron chi connectivity index (χ1n) is 5.96. The van der Waals surface area contributed by atoms with E-state index in [1.807, 2.05) is 20.8 Å². The molecule has 0 rings (SSSR count). The predicted molar refractivity (Wildman–Crippen MR) is 81.3 cm³/mol. The standard InChI is InChI=1S/C8H16BrNO2.C4H9Br/c1-8(2,3)12-7(11)10-6-4-5-9;1-2-3-4-5/h4-6H2,1-3H3,(H,10,11);2-4H2,1H3. The van der Waals surface area contributed by atoms with Crippen molar-refractivity contribution in [2.45, 2.75) is 52.6 Å². The number of rotatable bonds is 5. The fraction of sp³-hybridized carbons (Fsp3) is 0.917. The van der Waals surface area contributed by atoms with Crippen LogP contribution in [0.5, 0.6) is 0 Å². The number of halogens is 2. The van der Waals surface area contributed by atoms with Crippen molar-refractivity contribution in [3.63, 3.8) is 0 Å². The first-order chi connectivity index (χ1) is 7.87. The van der Waals surface area contributed by atoms with E-state index in [2.05, 4.69) is 44.1 Å². The smallest absolute Gasteiger partial charge is 0.407 e. The van der Waals surface area contributed by atoms with Crippen molar-refractivity contribution in [3.05, 3.63) is 0 Å². The van der Waals surface area contributed by atoms with Crippen molar-refractivity contribution >= 4 is 38.0 Å². The normalized spacial score (nSPS) is 10.2. The zero-order chi connectivity index (χ0) is 13.7. The lowest BCUT2D eigenvalue weighted by atomic mass is 10.2. The van der Waals surface area contributed by atoms with Gasteiger partial charge in [0.15, 0.2) is 0 Å². The van der Waals surface area contributed by atoms with Gasteiger partial charge in [-0.25, -0.2) is 4.79 Å². The molecular weight excluding hydrogens is 350 g/mol. The number of hydrogen-bond acceptors (Lipinski definition) is 2. The Morgan fingerprint density at radius 1 is 1.18 bits per heavy atom. The molecule has 0 saturated heterocycles. The number of carbonyl (C=O) groups is 1. The summed E-state index contributed by atoms with van der Waals surface area (Å²) in [4.78, 5) is 11.0. The molecule has 0 saturated carbocycles. The summed E-state index contributed by atoms with van der Waals surface area (Å²) in [5.74, 6) is 0. The van der Waals surface area contributed by atoms with Gasteiger partial charge in [0.25, 0.3) is 0 Å². The molecule has 0 bridgehead atoms. The van der Waals surface area contributed by atoms with Gasteiger partial charge in [0, 0.05) is 17.2 Å². The molecule has 104 valence electrons. The van der Waals surface area contributed by atoms with Gasteiger partial charge in [-0.05, 0) is 33.6 Å². The minimum atomic E-state index is -0.404. The van der Waals surface area contributed by atoms with Crippen LogP contribution in [0.4, 0.5) is 4.79 Å². The zero-order valence-electron chi connectivity index (χ0n) is 11.3. The Labute approximate surface area is 122 Å². The fourth-order valence-electron chi connectivity index (χ4n) is 0.705. The Morgan fingerprint density at radius 3 is 2.00 bits per heavy atom. The maximum absolute atomic E-state index is 11.0. The monoisotopic (exact) mass is 373 g/mol. The highest BCUT2D eigenvalue weighted by Gasteiger charge is 2.14. The summed E-state index contributed by atoms with van der Waals surface area (Å²) in [5.41, 5.74) is -0.404. The summed E-state index contributed by atoms with van der Waals surface area (Å²) in [6.07, 6.45) is 3.17. The van der Waals surface area contributed by atoms with Crippen molar-refractivity contribution in [2.24, 2.45) is 0 Å². The minimum Gasteiger partial charge on any atom is -0.444 e. The number of amides is 1. The lowest BCUT2D eigenvalue weighted by Gasteiger charge is -2.19. The highest BCUT2D eigenvalue weighted by Crippen LogP contribution is 2.06. The molecule has 0 aromatic carbocycles. The third-order valence-electron chi connectivity index (χ3n) is 1.47. The molecule has 1 N–H and O–H groups in total. The second-order valence-electron chi connectivity index (χ2n) is 4.51. The Kier molecular flexibility index (Phi) is 14.6. The van der Waals surface area contributed by atoms with E-state index in [1.54, 1.807) is 0 Å². The minimum absolute atomic E-state index is 0.344. The van der Waals surface area contributed by atoms with Crippen LogP contribution in [0.25, 0.3) is 0 Å². The highest BCUT2D eigenvalue weighted by atomic mass is 79.9. The average molecular weight is 375 g/mol. The largest absolute Gasteiger partial charge is 0.444 e. The fourth-order valence-corrected chi connectivity index (χ4v) is 1.55. The van der Waals surface area contributed by atoms with E-state index in [0.717, 1.165) is 17.1 Å². The maximum atomic E-state index is 11.0. The molecule has 3 nitrogen and oxygen atoms in total. The lowest BCUT2D eigenvalue weighted by Crippen LogP contribution is -2.33. The molecular formula is C12H25Br2NO2. The van der Waals surface area contributed by atoms with Crippen LogP contribution in [0.15, 0.2) is 0 Å². The molecule has 5 heteroatoms. The van der Waals surface area contributed by atoms with E-state index in [9.17, 15) is 4.79 Å². The third-order valence-corrected chi connectivity index (χ3v) is 2.59. The van der Waals surface area contributed by atoms with Gasteiger partial charge in [0.2, 0.25) is 0 Å². The van der Waals surface area contributed by atoms with Crippen LogP contribution in [0.1, 0.15) is 47.0 Å². The summed E-state index contributed by atoms with van der Waals surface area (Å²) in [6, 6.07) is 0. The molecule has 0 aliphatic carbocycles. The summed E-state index contributed by atoms with van der Waals surface area (Å²) in [6.45, 7) is 8.37. The highest BCUT2D eigenvalue weighted by molar-refractivity contribution is 9.09. The molecule has 0 radical (unpaired) electrons. The lowest BCUT2D eigenvalue weighted by molar-refractivity contribution is 0.0528. The number of unbranched alkanes of at least 4 members (excludes halogenated alkanes) is 1. The third kappa shape index (κ3) is 22.0. The van der Waals surface area contributed by atoms with Gasteiger partial charge in [0.1, 0.15) is 5.60 Å². The van der Waals surface area contributed by atoms with Crippen molar-refractivity contribution in [3.8, 4) is 0 Å². The topological polar surface area (TPSA) is 38.3 Å². The Bertz CT molecular complexity index is 180. The predicted octanol–water partition coefficient (Wildman–Crippen LogP) is 4.48. The van der Waals surface area contributed by atoms with Crippen molar-refractivity contribution in [1.29, 1.82) is 0 Å². The Morgan fingerprint density at radius 2 is 1.71 bits per heavy atom. The number of carbonyl (C=O) groups excluding carboxylic acids is 1. The summed E-state index contributed by atoms with van der Waals surface area (Å²) in [7, 11) is 0. The average Bonchev–Trinajstić information content (AvgIpc) is 2.17. The van der Waals surface area contributed by atoms with E-state index in [4.69, 9.17) is 4.74 Å². The first-order valence-corrected chi connectivity index (χ1v) is 8.20. The zero-order valence-corrected chi connectivity index (χ0v) is 14.5. The molecule has 0 aromatic heterocycles. The second kappa shape index (κ2) is 12.7. The van der Waals surface area contributed by atoms with Crippen molar-refractivity contribution in [1.82, 2.24) is 5.32 Å². The van der Waals surface area contributed by atoms with E-state index in [-0.39, 0.29) is 6.09 Å². The van der Waals surface area contributed by atoms with Gasteiger partial charge in [-0.1, -0.05) is 45.2 Å². The van der Waals surface area contributed by atoms with Crippen LogP contribution in [0.2, 0.25) is 0 Å². The van der Waals surface area contributed by atoms with Gasteiger partial charge in [-0.3, -0.25) is 0 Å². The molecule has 0 unspecified atom stereocenters. The maximum Gasteiger partial charge on any atom is 0.407 e. The van der Waals surface area contributed by atoms with Gasteiger partial charge < -0.3 is 10.1 Å². The van der Waals surface area contributed by atoms with Crippen LogP contribution >= 0.6 is 31.9 Å². The molecule has 0 atom stereocenters. The number of nitrogens with one attached hydrogen (secondary N) is 1. The van der Waals surface area contributed by atoms with Crippen LogP contribution in [-0.4, -0.2) is 28.9 Å². The Hall–Kier alpha value is 0.230. The number of alkyl carbamates (subject to hydrolysis) is 1. The van der Waals surface area contributed by atoms with E-state index < -0.39 is 5.60 Å². The van der Waals surface area contributed by atoms with Crippen molar-refractivity contribution in [2.75, 3.05) is 17.2 Å². The summed E-state index contributed by atoms with van der Waals surface area (Å²) in [5, 5.41) is 4.70. The van der Waals surface area contributed by atoms with Crippen LogP contribution < -0.4 is 5.32 Å². The molecule has 0 aromatic rings. The molecule has 0 heterocycles. The van der Waals surface area contributed by atoms with Crippen LogP contribution in [0.3, 0.4) is 0 Å². The molecule has 0 spiro atoms. The molecule has 0 fully saturated rings. The van der Waals surface area contributed by atoms with Crippen molar-refractivity contribution < 1.29 is 9.53 Å². The Balaban J connectivity index is 0. The van der Waals surface area contributed by atoms with Gasteiger partial charge in [-0.15, -0.1) is 0 Å². The summed E-state index contributed by atoms with van der Waals surface area (Å²) >= 11 is 6.58. The molecule has 0 aliphatic rings. The molecule has 1 amide bonds. The van der Waals surface area contributed by atoms with Crippen LogP contribution in [0, 0.1) is 0 Å². The van der Waals surface area contributed by atoms with Gasteiger partial charge >= 0.3 is 6.09 Å². The second-order valence-corrected chi connectivity index (χ2v) is 6.10. The van der Waals surface area contributed by atoms with Gasteiger partial charge in [0.05, 0.1) is 0 Å². The SMILES string of the molecule is CC(C)(C)OC(=O)NCCCBr.CCCCBr. The van der Waals surface area contributed by atoms with Crippen LogP contribution in [-0.2, 0) is 4.74 Å². The number of alkyl halides is 2. The summed E-state index contributed by atoms with van der Waals surface area (Å²) < 4.78 is 5.02.